The van der Waals surface area contributed by atoms with Crippen molar-refractivity contribution in [2.75, 3.05) is 20.2 Å². The summed E-state index contributed by atoms with van der Waals surface area (Å²) in [6.45, 7) is -1.86. The highest BCUT2D eigenvalue weighted by Gasteiger charge is 2.23. The molecule has 0 bridgehead atoms. The number of piperidine rings is 1. The molecule has 0 radical (unpaired) electrons. The molecule has 9 heteroatoms. The number of nitrogens with zero attached hydrogens (tertiary/aromatic N) is 1. The van der Waals surface area contributed by atoms with Gasteiger partial charge in [-0.2, -0.15) is 20.1 Å². The molecule has 1 aliphatic heterocycles. The van der Waals surface area contributed by atoms with Crippen molar-refractivity contribution in [3.05, 3.63) is 52.2 Å². The molecule has 1 aromatic carbocycles. The fourth-order valence-corrected chi connectivity index (χ4v) is 3.80. The molecule has 1 N–H and O–H groups in total. The van der Waals surface area contributed by atoms with Gasteiger partial charge in [0, 0.05) is 36.2 Å². The molecule has 30 heavy (non-hydrogen) atoms. The lowest BCUT2D eigenvalue weighted by atomic mass is 10.0. The van der Waals surface area contributed by atoms with Crippen LogP contribution in [0.3, 0.4) is 0 Å². The average Bonchev–Trinajstić information content (AvgIpc) is 3.28. The highest BCUT2D eigenvalue weighted by atomic mass is 32.1. The van der Waals surface area contributed by atoms with Crippen molar-refractivity contribution in [2.45, 2.75) is 25.5 Å². The standard InChI is InChI=1S/C21H22F2N2O4S/c1-28-18-12-14(2-4-17(18)29-21(22)23)3-5-19(26)25-9-6-16(7-10-25)24-20(27)15-8-11-30-13-15/h2-5,8,11-13,16,21H,6-7,9-10H2,1H3,(H,24,27)/b5-3+. The SMILES string of the molecule is COc1cc(/C=C/C(=O)N2CCC(NC(=O)c3ccsc3)CC2)ccc1OC(F)F. The van der Waals surface area contributed by atoms with Crippen molar-refractivity contribution in [3.63, 3.8) is 0 Å². The van der Waals surface area contributed by atoms with Crippen LogP contribution in [0.15, 0.2) is 41.1 Å². The molecule has 0 spiro atoms. The normalized spacial score (nSPS) is 14.9. The summed E-state index contributed by atoms with van der Waals surface area (Å²) < 4.78 is 34.2. The topological polar surface area (TPSA) is 67.9 Å². The zero-order valence-corrected chi connectivity index (χ0v) is 17.2. The molecule has 1 fully saturated rings. The van der Waals surface area contributed by atoms with Crippen molar-refractivity contribution in [2.24, 2.45) is 0 Å². The quantitative estimate of drug-likeness (QED) is 0.671. The van der Waals surface area contributed by atoms with E-state index in [0.717, 1.165) is 0 Å². The van der Waals surface area contributed by atoms with Gasteiger partial charge in [-0.05, 0) is 48.1 Å². The van der Waals surface area contributed by atoms with Gasteiger partial charge in [0.15, 0.2) is 11.5 Å². The van der Waals surface area contributed by atoms with Gasteiger partial charge in [-0.1, -0.05) is 6.07 Å². The van der Waals surface area contributed by atoms with Gasteiger partial charge in [-0.3, -0.25) is 9.59 Å². The van der Waals surface area contributed by atoms with Crippen LogP contribution in [-0.2, 0) is 4.79 Å². The van der Waals surface area contributed by atoms with E-state index in [1.54, 1.807) is 28.5 Å². The van der Waals surface area contributed by atoms with Crippen LogP contribution in [0.5, 0.6) is 11.5 Å². The number of hydrogen-bond acceptors (Lipinski definition) is 5. The second-order valence-electron chi connectivity index (χ2n) is 6.71. The molecule has 0 atom stereocenters. The lowest BCUT2D eigenvalue weighted by molar-refractivity contribution is -0.127. The van der Waals surface area contributed by atoms with Crippen molar-refractivity contribution in [1.82, 2.24) is 10.2 Å². The molecule has 6 nitrogen and oxygen atoms in total. The van der Waals surface area contributed by atoms with Crippen LogP contribution >= 0.6 is 11.3 Å². The van der Waals surface area contributed by atoms with Gasteiger partial charge in [0.1, 0.15) is 0 Å². The number of thiophene rings is 1. The Morgan fingerprint density at radius 3 is 2.63 bits per heavy atom. The first kappa shape index (κ1) is 21.8. The Labute approximate surface area is 177 Å². The van der Waals surface area contributed by atoms with E-state index in [1.165, 1.54) is 36.7 Å². The van der Waals surface area contributed by atoms with Crippen molar-refractivity contribution < 1.29 is 27.8 Å². The van der Waals surface area contributed by atoms with Gasteiger partial charge >= 0.3 is 6.61 Å². The molecular weight excluding hydrogens is 414 g/mol. The molecular formula is C21H22F2N2O4S. The molecule has 1 aliphatic rings. The fraction of sp³-hybridized carbons (Fsp3) is 0.333. The summed E-state index contributed by atoms with van der Waals surface area (Å²) in [7, 11) is 1.35. The van der Waals surface area contributed by atoms with E-state index in [1.807, 2.05) is 5.38 Å². The first-order valence-electron chi connectivity index (χ1n) is 9.39. The molecule has 2 heterocycles. The average molecular weight is 436 g/mol. The van der Waals surface area contributed by atoms with Gasteiger partial charge in [-0.25, -0.2) is 0 Å². The molecule has 2 amide bonds. The number of amides is 2. The monoisotopic (exact) mass is 436 g/mol. The zero-order chi connectivity index (χ0) is 21.5. The number of methoxy groups -OCH3 is 1. The Bertz CT molecular complexity index is 894. The first-order chi connectivity index (χ1) is 14.5. The number of rotatable bonds is 7. The molecule has 160 valence electrons. The second-order valence-corrected chi connectivity index (χ2v) is 7.49. The smallest absolute Gasteiger partial charge is 0.387 e. The fourth-order valence-electron chi connectivity index (χ4n) is 3.16. The first-order valence-corrected chi connectivity index (χ1v) is 10.3. The largest absolute Gasteiger partial charge is 0.493 e. The summed E-state index contributed by atoms with van der Waals surface area (Å²) >= 11 is 1.47. The number of nitrogens with one attached hydrogen (secondary N) is 1. The molecule has 0 saturated carbocycles. The number of likely N-dealkylation sites (tertiary alicyclic amines) is 1. The third kappa shape index (κ3) is 5.79. The molecule has 1 aromatic heterocycles. The number of benzene rings is 1. The number of halogens is 2. The van der Waals surface area contributed by atoms with Gasteiger partial charge in [0.05, 0.1) is 7.11 Å². The number of alkyl halides is 2. The minimum Gasteiger partial charge on any atom is -0.493 e. The van der Waals surface area contributed by atoms with Crippen molar-refractivity contribution in [1.29, 1.82) is 0 Å². The van der Waals surface area contributed by atoms with Gasteiger partial charge in [0.25, 0.3) is 5.91 Å². The van der Waals surface area contributed by atoms with Crippen LogP contribution in [0.1, 0.15) is 28.8 Å². The molecule has 0 unspecified atom stereocenters. The van der Waals surface area contributed by atoms with E-state index in [0.29, 0.717) is 37.1 Å². The Balaban J connectivity index is 1.52. The maximum atomic E-state index is 12.5. The highest BCUT2D eigenvalue weighted by Crippen LogP contribution is 2.29. The Kier molecular flexibility index (Phi) is 7.40. The Morgan fingerprint density at radius 1 is 1.23 bits per heavy atom. The molecule has 1 saturated heterocycles. The number of hydrogen-bond donors (Lipinski definition) is 1. The lowest BCUT2D eigenvalue weighted by Crippen LogP contribution is -2.46. The summed E-state index contributed by atoms with van der Waals surface area (Å²) in [6.07, 6.45) is 4.40. The van der Waals surface area contributed by atoms with E-state index >= 15 is 0 Å². The van der Waals surface area contributed by atoms with E-state index in [9.17, 15) is 18.4 Å². The zero-order valence-electron chi connectivity index (χ0n) is 16.3. The van der Waals surface area contributed by atoms with E-state index in [-0.39, 0.29) is 29.4 Å². The number of carbonyl (C=O) groups is 2. The lowest BCUT2D eigenvalue weighted by Gasteiger charge is -2.31. The summed E-state index contributed by atoms with van der Waals surface area (Å²) in [5.41, 5.74) is 1.28. The minimum absolute atomic E-state index is 0.0390. The summed E-state index contributed by atoms with van der Waals surface area (Å²) in [5.74, 6) is -0.145. The van der Waals surface area contributed by atoms with Crippen LogP contribution in [0.2, 0.25) is 0 Å². The Hall–Kier alpha value is -2.94. The van der Waals surface area contributed by atoms with Crippen LogP contribution in [-0.4, -0.2) is 49.6 Å². The molecule has 3 rings (SSSR count). The predicted molar refractivity (Wildman–Crippen MR) is 110 cm³/mol. The van der Waals surface area contributed by atoms with E-state index < -0.39 is 6.61 Å². The predicted octanol–water partition coefficient (Wildman–Crippen LogP) is 3.79. The van der Waals surface area contributed by atoms with E-state index in [2.05, 4.69) is 10.1 Å². The highest BCUT2D eigenvalue weighted by molar-refractivity contribution is 7.08. The van der Waals surface area contributed by atoms with Crippen LogP contribution < -0.4 is 14.8 Å². The van der Waals surface area contributed by atoms with Gasteiger partial charge in [0.2, 0.25) is 5.91 Å². The van der Waals surface area contributed by atoms with Crippen molar-refractivity contribution >= 4 is 29.2 Å². The van der Waals surface area contributed by atoms with Crippen LogP contribution in [0.4, 0.5) is 8.78 Å². The third-order valence-electron chi connectivity index (χ3n) is 4.75. The third-order valence-corrected chi connectivity index (χ3v) is 5.43. The minimum atomic E-state index is -2.94. The van der Waals surface area contributed by atoms with Crippen molar-refractivity contribution in [3.8, 4) is 11.5 Å². The molecule has 0 aliphatic carbocycles. The maximum Gasteiger partial charge on any atom is 0.387 e. The number of ether oxygens (including phenoxy) is 2. The summed E-state index contributed by atoms with van der Waals surface area (Å²) in [6, 6.07) is 6.28. The Morgan fingerprint density at radius 2 is 2.00 bits per heavy atom. The van der Waals surface area contributed by atoms with E-state index in [4.69, 9.17) is 4.74 Å². The summed E-state index contributed by atoms with van der Waals surface area (Å²) in [5, 5.41) is 6.67. The van der Waals surface area contributed by atoms with Gasteiger partial charge < -0.3 is 19.7 Å². The number of carbonyl (C=O) groups excluding carboxylic acids is 2. The molecule has 2 aromatic rings. The van der Waals surface area contributed by atoms with Crippen LogP contribution in [0, 0.1) is 0 Å². The van der Waals surface area contributed by atoms with Crippen LogP contribution in [0.25, 0.3) is 6.08 Å². The summed E-state index contributed by atoms with van der Waals surface area (Å²) in [4.78, 5) is 26.3. The van der Waals surface area contributed by atoms with Gasteiger partial charge in [-0.15, -0.1) is 0 Å². The maximum absolute atomic E-state index is 12.5. The second kappa shape index (κ2) is 10.2.